The number of nitrogens with two attached hydrogens (primary N) is 1. The quantitative estimate of drug-likeness (QED) is 0.748. The molecule has 0 saturated carbocycles. The van der Waals surface area contributed by atoms with Gasteiger partial charge >= 0.3 is 0 Å². The summed E-state index contributed by atoms with van der Waals surface area (Å²) in [5.41, 5.74) is 7.59. The molecule has 0 bridgehead atoms. The van der Waals surface area contributed by atoms with Crippen molar-refractivity contribution in [1.29, 1.82) is 0 Å². The highest BCUT2D eigenvalue weighted by atomic mass is 35.5. The molecule has 16 heavy (non-hydrogen) atoms. The summed E-state index contributed by atoms with van der Waals surface area (Å²) >= 11 is 5.86. The maximum absolute atomic E-state index is 5.86. The molecule has 0 aliphatic heterocycles. The zero-order chi connectivity index (χ0) is 12.0. The first-order valence-electron chi connectivity index (χ1n) is 5.92. The first-order chi connectivity index (χ1) is 7.67. The van der Waals surface area contributed by atoms with Crippen LogP contribution in [0.2, 0.25) is 5.02 Å². The average Bonchev–Trinajstić information content (AvgIpc) is 2.29. The third-order valence-electron chi connectivity index (χ3n) is 2.98. The molecule has 0 aliphatic carbocycles. The van der Waals surface area contributed by atoms with Crippen LogP contribution in [0.15, 0.2) is 18.2 Å². The highest BCUT2D eigenvalue weighted by Crippen LogP contribution is 2.19. The molecule has 1 aromatic carbocycles. The summed E-state index contributed by atoms with van der Waals surface area (Å²) in [4.78, 5) is 0. The molecule has 90 valence electrons. The van der Waals surface area contributed by atoms with E-state index in [9.17, 15) is 0 Å². The predicted octanol–water partition coefficient (Wildman–Crippen LogP) is 3.45. The van der Waals surface area contributed by atoms with Crippen LogP contribution in [-0.4, -0.2) is 6.54 Å². The minimum atomic E-state index is 0.628. The second kappa shape index (κ2) is 6.77. The van der Waals surface area contributed by atoms with E-state index in [1.165, 1.54) is 18.4 Å². The van der Waals surface area contributed by atoms with E-state index in [1.54, 1.807) is 0 Å². The van der Waals surface area contributed by atoms with Crippen molar-refractivity contribution in [2.75, 3.05) is 12.3 Å². The number of halogens is 1. The van der Waals surface area contributed by atoms with Crippen molar-refractivity contribution >= 4 is 17.3 Å². The normalized spacial score (nSPS) is 11.0. The number of rotatable bonds is 6. The third-order valence-corrected chi connectivity index (χ3v) is 3.32. The predicted molar refractivity (Wildman–Crippen MR) is 71.6 cm³/mol. The molecule has 3 N–H and O–H groups in total. The highest BCUT2D eigenvalue weighted by Gasteiger charge is 2.03. The maximum atomic E-state index is 5.86. The van der Waals surface area contributed by atoms with Crippen LogP contribution in [0.1, 0.15) is 32.3 Å². The molecular formula is C13H21ClN2. The fraction of sp³-hybridized carbons (Fsp3) is 0.538. The fourth-order valence-corrected chi connectivity index (χ4v) is 1.82. The number of anilines is 1. The third kappa shape index (κ3) is 4.03. The molecule has 0 saturated heterocycles. The molecule has 0 aliphatic rings. The van der Waals surface area contributed by atoms with E-state index in [0.717, 1.165) is 19.0 Å². The summed E-state index contributed by atoms with van der Waals surface area (Å²) in [6.45, 7) is 6.39. The second-order valence-electron chi connectivity index (χ2n) is 4.17. The zero-order valence-corrected chi connectivity index (χ0v) is 10.8. The van der Waals surface area contributed by atoms with Gasteiger partial charge in [-0.1, -0.05) is 44.4 Å². The number of hydrogen-bond acceptors (Lipinski definition) is 2. The molecule has 1 rings (SSSR count). The Kier molecular flexibility index (Phi) is 5.64. The first-order valence-corrected chi connectivity index (χ1v) is 6.29. The molecule has 0 aromatic heterocycles. The number of nitrogen functional groups attached to an aromatic ring is 1. The molecule has 0 fully saturated rings. The summed E-state index contributed by atoms with van der Waals surface area (Å²) in [6.07, 6.45) is 2.46. The average molecular weight is 241 g/mol. The van der Waals surface area contributed by atoms with E-state index in [2.05, 4.69) is 19.2 Å². The Labute approximate surface area is 103 Å². The lowest BCUT2D eigenvalue weighted by Gasteiger charge is -2.13. The summed E-state index contributed by atoms with van der Waals surface area (Å²) in [5.74, 6) is 0.768. The first kappa shape index (κ1) is 13.3. The van der Waals surface area contributed by atoms with E-state index in [-0.39, 0.29) is 0 Å². The van der Waals surface area contributed by atoms with Crippen LogP contribution in [0.5, 0.6) is 0 Å². The smallest absolute Gasteiger partial charge is 0.0635 e. The summed E-state index contributed by atoms with van der Waals surface area (Å²) < 4.78 is 0. The Bertz CT molecular complexity index is 322. The van der Waals surface area contributed by atoms with E-state index in [0.29, 0.717) is 10.7 Å². The van der Waals surface area contributed by atoms with E-state index in [4.69, 9.17) is 17.3 Å². The van der Waals surface area contributed by atoms with Gasteiger partial charge in [-0.05, 0) is 30.2 Å². The lowest BCUT2D eigenvalue weighted by Crippen LogP contribution is -2.21. The molecule has 0 heterocycles. The molecule has 3 heteroatoms. The second-order valence-corrected chi connectivity index (χ2v) is 4.58. The number of benzene rings is 1. The van der Waals surface area contributed by atoms with E-state index in [1.807, 2.05) is 18.2 Å². The van der Waals surface area contributed by atoms with Gasteiger partial charge < -0.3 is 11.1 Å². The van der Waals surface area contributed by atoms with Crippen molar-refractivity contribution in [3.63, 3.8) is 0 Å². The van der Waals surface area contributed by atoms with Crippen LogP contribution in [0.25, 0.3) is 0 Å². The maximum Gasteiger partial charge on any atom is 0.0635 e. The van der Waals surface area contributed by atoms with Gasteiger partial charge in [0, 0.05) is 6.54 Å². The van der Waals surface area contributed by atoms with Gasteiger partial charge in [0.2, 0.25) is 0 Å². The minimum Gasteiger partial charge on any atom is -0.398 e. The Balaban J connectivity index is 2.40. The Morgan fingerprint density at radius 1 is 1.31 bits per heavy atom. The number of nitrogens with one attached hydrogen (secondary N) is 1. The zero-order valence-electron chi connectivity index (χ0n) is 10.1. The van der Waals surface area contributed by atoms with Gasteiger partial charge in [-0.25, -0.2) is 0 Å². The van der Waals surface area contributed by atoms with Crippen LogP contribution in [0, 0.1) is 5.92 Å². The van der Waals surface area contributed by atoms with Gasteiger partial charge in [-0.2, -0.15) is 0 Å². The van der Waals surface area contributed by atoms with E-state index >= 15 is 0 Å². The summed E-state index contributed by atoms with van der Waals surface area (Å²) in [7, 11) is 0. The molecule has 0 radical (unpaired) electrons. The molecule has 0 unspecified atom stereocenters. The monoisotopic (exact) mass is 240 g/mol. The van der Waals surface area contributed by atoms with Crippen molar-refractivity contribution in [2.24, 2.45) is 5.92 Å². The SMILES string of the molecule is CCC(CC)CNCc1ccc(Cl)c(N)c1. The van der Waals surface area contributed by atoms with Crippen LogP contribution in [-0.2, 0) is 6.54 Å². The van der Waals surface area contributed by atoms with Gasteiger partial charge in [0.1, 0.15) is 0 Å². The van der Waals surface area contributed by atoms with Gasteiger partial charge in [0.15, 0.2) is 0 Å². The molecule has 1 aromatic rings. The molecule has 0 spiro atoms. The van der Waals surface area contributed by atoms with Crippen molar-refractivity contribution in [3.8, 4) is 0 Å². The molecular weight excluding hydrogens is 220 g/mol. The topological polar surface area (TPSA) is 38.0 Å². The van der Waals surface area contributed by atoms with Crippen molar-refractivity contribution in [1.82, 2.24) is 5.32 Å². The lowest BCUT2D eigenvalue weighted by molar-refractivity contribution is 0.449. The lowest BCUT2D eigenvalue weighted by atomic mass is 10.0. The van der Waals surface area contributed by atoms with Crippen molar-refractivity contribution in [2.45, 2.75) is 33.2 Å². The molecule has 2 nitrogen and oxygen atoms in total. The van der Waals surface area contributed by atoms with E-state index < -0.39 is 0 Å². The summed E-state index contributed by atoms with van der Waals surface area (Å²) in [6, 6.07) is 5.80. The molecule has 0 amide bonds. The van der Waals surface area contributed by atoms with Gasteiger partial charge in [0.05, 0.1) is 10.7 Å². The van der Waals surface area contributed by atoms with Crippen LogP contribution in [0.3, 0.4) is 0 Å². The largest absolute Gasteiger partial charge is 0.398 e. The minimum absolute atomic E-state index is 0.628. The fourth-order valence-electron chi connectivity index (χ4n) is 1.70. The standard InChI is InChI=1S/C13H21ClN2/c1-3-10(4-2)8-16-9-11-5-6-12(14)13(15)7-11/h5-7,10,16H,3-4,8-9,15H2,1-2H3. The van der Waals surface area contributed by atoms with Crippen LogP contribution >= 0.6 is 11.6 Å². The summed E-state index contributed by atoms with van der Waals surface area (Å²) in [5, 5.41) is 4.08. The Morgan fingerprint density at radius 3 is 2.56 bits per heavy atom. The van der Waals surface area contributed by atoms with Crippen LogP contribution < -0.4 is 11.1 Å². The van der Waals surface area contributed by atoms with Gasteiger partial charge in [0.25, 0.3) is 0 Å². The Hall–Kier alpha value is -0.730. The van der Waals surface area contributed by atoms with Gasteiger partial charge in [-0.3, -0.25) is 0 Å². The van der Waals surface area contributed by atoms with Crippen LogP contribution in [0.4, 0.5) is 5.69 Å². The number of hydrogen-bond donors (Lipinski definition) is 2. The van der Waals surface area contributed by atoms with Gasteiger partial charge in [-0.15, -0.1) is 0 Å². The van der Waals surface area contributed by atoms with Crippen molar-refractivity contribution < 1.29 is 0 Å². The molecule has 0 atom stereocenters. The van der Waals surface area contributed by atoms with Crippen molar-refractivity contribution in [3.05, 3.63) is 28.8 Å². The highest BCUT2D eigenvalue weighted by molar-refractivity contribution is 6.33. The Morgan fingerprint density at radius 2 is 2.00 bits per heavy atom.